The normalized spacial score (nSPS) is 11.5. The number of halogens is 3. The lowest BCUT2D eigenvalue weighted by Crippen LogP contribution is -2.04. The second-order valence-electron chi connectivity index (χ2n) is 3.43. The maximum absolute atomic E-state index is 12.4. The van der Waals surface area contributed by atoms with E-state index in [9.17, 15) is 18.0 Å². The lowest BCUT2D eigenvalue weighted by Gasteiger charge is -2.07. The van der Waals surface area contributed by atoms with Crippen LogP contribution in [-0.2, 0) is 6.18 Å². The van der Waals surface area contributed by atoms with Crippen molar-refractivity contribution < 1.29 is 18.0 Å². The van der Waals surface area contributed by atoms with Crippen LogP contribution in [0.1, 0.15) is 15.9 Å². The fourth-order valence-electron chi connectivity index (χ4n) is 1.47. The van der Waals surface area contributed by atoms with Gasteiger partial charge in [-0.3, -0.25) is 4.79 Å². The van der Waals surface area contributed by atoms with Crippen molar-refractivity contribution in [2.75, 3.05) is 0 Å². The molecule has 0 aliphatic carbocycles. The van der Waals surface area contributed by atoms with Crippen LogP contribution in [-0.4, -0.2) is 6.29 Å². The van der Waals surface area contributed by atoms with Crippen LogP contribution in [0.25, 0.3) is 11.1 Å². The van der Waals surface area contributed by atoms with E-state index in [4.69, 9.17) is 0 Å². The molecular formula is C12H7F3OS. The first-order valence-corrected chi connectivity index (χ1v) is 5.65. The van der Waals surface area contributed by atoms with E-state index in [1.807, 2.05) is 0 Å². The number of thiophene rings is 1. The van der Waals surface area contributed by atoms with Gasteiger partial charge in [0, 0.05) is 16.5 Å². The van der Waals surface area contributed by atoms with E-state index in [1.54, 1.807) is 10.8 Å². The van der Waals surface area contributed by atoms with Crippen molar-refractivity contribution in [3.05, 3.63) is 46.2 Å². The molecule has 0 N–H and O–H groups in total. The Balaban J connectivity index is 2.39. The van der Waals surface area contributed by atoms with Crippen LogP contribution in [0, 0.1) is 0 Å². The average Bonchev–Trinajstić information content (AvgIpc) is 2.76. The van der Waals surface area contributed by atoms with Crippen LogP contribution >= 0.6 is 11.3 Å². The number of benzene rings is 1. The number of rotatable bonds is 2. The molecule has 5 heteroatoms. The Hall–Kier alpha value is -1.62. The zero-order chi connectivity index (χ0) is 12.5. The Bertz CT molecular complexity index is 525. The smallest absolute Gasteiger partial charge is 0.298 e. The number of hydrogen-bond acceptors (Lipinski definition) is 2. The van der Waals surface area contributed by atoms with Gasteiger partial charge in [-0.15, -0.1) is 0 Å². The van der Waals surface area contributed by atoms with Gasteiger partial charge in [0.2, 0.25) is 0 Å². The third-order valence-corrected chi connectivity index (χ3v) is 3.10. The minimum Gasteiger partial charge on any atom is -0.298 e. The average molecular weight is 256 g/mol. The molecule has 1 aromatic heterocycles. The second kappa shape index (κ2) is 4.33. The molecule has 0 unspecified atom stereocenters. The monoisotopic (exact) mass is 256 g/mol. The minimum atomic E-state index is -4.33. The van der Waals surface area contributed by atoms with E-state index in [0.29, 0.717) is 23.0 Å². The number of carbonyl (C=O) groups is 1. The molecule has 1 nitrogen and oxygen atoms in total. The third-order valence-electron chi connectivity index (χ3n) is 2.34. The molecule has 2 rings (SSSR count). The first kappa shape index (κ1) is 11.9. The van der Waals surface area contributed by atoms with Gasteiger partial charge in [0.05, 0.1) is 5.56 Å². The molecule has 2 aromatic rings. The number of aldehydes is 1. The molecule has 0 amide bonds. The summed E-state index contributed by atoms with van der Waals surface area (Å²) >= 11 is 1.34. The van der Waals surface area contributed by atoms with Crippen molar-refractivity contribution in [1.29, 1.82) is 0 Å². The summed E-state index contributed by atoms with van der Waals surface area (Å²) in [6.45, 7) is 0. The highest BCUT2D eigenvalue weighted by Crippen LogP contribution is 2.32. The molecule has 0 aliphatic heterocycles. The topological polar surface area (TPSA) is 17.1 Å². The number of alkyl halides is 3. The molecule has 1 aromatic carbocycles. The van der Waals surface area contributed by atoms with E-state index in [-0.39, 0.29) is 0 Å². The van der Waals surface area contributed by atoms with Gasteiger partial charge in [0.15, 0.2) is 6.29 Å². The number of carbonyl (C=O) groups excluding carboxylic acids is 1. The highest BCUT2D eigenvalue weighted by Gasteiger charge is 2.30. The molecule has 0 saturated heterocycles. The predicted octanol–water partition coefficient (Wildman–Crippen LogP) is 4.25. The second-order valence-corrected chi connectivity index (χ2v) is 4.18. The maximum atomic E-state index is 12.4. The molecule has 0 spiro atoms. The van der Waals surface area contributed by atoms with Gasteiger partial charge in [-0.05, 0) is 23.1 Å². The summed E-state index contributed by atoms with van der Waals surface area (Å²) in [6, 6.07) is 4.78. The van der Waals surface area contributed by atoms with Gasteiger partial charge in [-0.1, -0.05) is 12.1 Å². The van der Waals surface area contributed by atoms with Gasteiger partial charge < -0.3 is 0 Å². The molecule has 17 heavy (non-hydrogen) atoms. The maximum Gasteiger partial charge on any atom is 0.416 e. The Morgan fingerprint density at radius 2 is 1.71 bits per heavy atom. The molecule has 0 fully saturated rings. The van der Waals surface area contributed by atoms with Gasteiger partial charge in [0.25, 0.3) is 0 Å². The SMILES string of the molecule is O=Cc1cscc1-c1ccc(C(F)(F)F)cc1. The van der Waals surface area contributed by atoms with Crippen LogP contribution in [0.15, 0.2) is 35.0 Å². The number of hydrogen-bond donors (Lipinski definition) is 0. The van der Waals surface area contributed by atoms with Crippen LogP contribution in [0.4, 0.5) is 13.2 Å². The van der Waals surface area contributed by atoms with Crippen LogP contribution in [0.2, 0.25) is 0 Å². The summed E-state index contributed by atoms with van der Waals surface area (Å²) in [5, 5.41) is 3.41. The highest BCUT2D eigenvalue weighted by molar-refractivity contribution is 7.08. The summed E-state index contributed by atoms with van der Waals surface area (Å²) in [4.78, 5) is 10.7. The largest absolute Gasteiger partial charge is 0.416 e. The molecule has 0 bridgehead atoms. The minimum absolute atomic E-state index is 0.495. The molecule has 0 radical (unpaired) electrons. The highest BCUT2D eigenvalue weighted by atomic mass is 32.1. The lowest BCUT2D eigenvalue weighted by molar-refractivity contribution is -0.137. The Kier molecular flexibility index (Phi) is 3.02. The fraction of sp³-hybridized carbons (Fsp3) is 0.0833. The van der Waals surface area contributed by atoms with E-state index in [2.05, 4.69) is 0 Å². The summed E-state index contributed by atoms with van der Waals surface area (Å²) in [6.07, 6.45) is -3.63. The van der Waals surface area contributed by atoms with Crippen molar-refractivity contribution in [1.82, 2.24) is 0 Å². The van der Waals surface area contributed by atoms with Crippen molar-refractivity contribution >= 4 is 17.6 Å². The molecule has 88 valence electrons. The third kappa shape index (κ3) is 2.39. The zero-order valence-corrected chi connectivity index (χ0v) is 9.31. The quantitative estimate of drug-likeness (QED) is 0.734. The van der Waals surface area contributed by atoms with E-state index >= 15 is 0 Å². The Morgan fingerprint density at radius 3 is 2.24 bits per heavy atom. The van der Waals surface area contributed by atoms with Gasteiger partial charge in [0.1, 0.15) is 0 Å². The van der Waals surface area contributed by atoms with E-state index in [1.165, 1.54) is 23.5 Å². The summed E-state index contributed by atoms with van der Waals surface area (Å²) < 4.78 is 37.1. The van der Waals surface area contributed by atoms with Crippen molar-refractivity contribution in [2.45, 2.75) is 6.18 Å². The molecule has 0 atom stereocenters. The standard InChI is InChI=1S/C12H7F3OS/c13-12(14,15)10-3-1-8(2-4-10)11-7-17-6-9(11)5-16/h1-7H. The zero-order valence-electron chi connectivity index (χ0n) is 8.49. The van der Waals surface area contributed by atoms with Crippen LogP contribution in [0.3, 0.4) is 0 Å². The van der Waals surface area contributed by atoms with Crippen LogP contribution < -0.4 is 0 Å². The molecule has 0 saturated carbocycles. The molecule has 1 heterocycles. The van der Waals surface area contributed by atoms with Crippen molar-refractivity contribution in [2.24, 2.45) is 0 Å². The van der Waals surface area contributed by atoms with Crippen molar-refractivity contribution in [3.8, 4) is 11.1 Å². The summed E-state index contributed by atoms with van der Waals surface area (Å²) in [5.41, 5.74) is 1.08. The van der Waals surface area contributed by atoms with E-state index < -0.39 is 11.7 Å². The Morgan fingerprint density at radius 1 is 1.06 bits per heavy atom. The predicted molar refractivity (Wildman–Crippen MR) is 60.1 cm³/mol. The van der Waals surface area contributed by atoms with Gasteiger partial charge >= 0.3 is 6.18 Å². The molecule has 0 aliphatic rings. The summed E-state index contributed by atoms with van der Waals surface area (Å²) in [7, 11) is 0. The molecular weight excluding hydrogens is 249 g/mol. The lowest BCUT2D eigenvalue weighted by atomic mass is 10.0. The van der Waals surface area contributed by atoms with Gasteiger partial charge in [-0.2, -0.15) is 24.5 Å². The van der Waals surface area contributed by atoms with E-state index in [0.717, 1.165) is 12.1 Å². The van der Waals surface area contributed by atoms with Crippen LogP contribution in [0.5, 0.6) is 0 Å². The first-order valence-electron chi connectivity index (χ1n) is 4.71. The van der Waals surface area contributed by atoms with Gasteiger partial charge in [-0.25, -0.2) is 0 Å². The fourth-order valence-corrected chi connectivity index (χ4v) is 2.28. The first-order chi connectivity index (χ1) is 8.02. The summed E-state index contributed by atoms with van der Waals surface area (Å²) in [5.74, 6) is 0. The Labute approximate surface area is 99.5 Å². The van der Waals surface area contributed by atoms with Crippen molar-refractivity contribution in [3.63, 3.8) is 0 Å².